The van der Waals surface area contributed by atoms with Gasteiger partial charge in [0.25, 0.3) is 0 Å². The Hall–Kier alpha value is -2.16. The number of hydrazine groups is 1. The third-order valence-electron chi connectivity index (χ3n) is 2.88. The van der Waals surface area contributed by atoms with Gasteiger partial charge in [0, 0.05) is 6.42 Å². The summed E-state index contributed by atoms with van der Waals surface area (Å²) < 4.78 is 4.66. The molecule has 1 amide bonds. The number of nitrogens with two attached hydrogens (primary N) is 1. The first-order valence-electron chi connectivity index (χ1n) is 6.58. The van der Waals surface area contributed by atoms with Gasteiger partial charge in [0.05, 0.1) is 13.5 Å². The first-order valence-corrected chi connectivity index (χ1v) is 6.58. The van der Waals surface area contributed by atoms with Crippen molar-refractivity contribution < 1.29 is 24.2 Å². The number of esters is 1. The first-order chi connectivity index (χ1) is 10.4. The van der Waals surface area contributed by atoms with Crippen molar-refractivity contribution in [1.82, 2.24) is 10.9 Å². The van der Waals surface area contributed by atoms with Crippen molar-refractivity contribution in [1.29, 1.82) is 0 Å². The molecule has 5 N–H and O–H groups in total. The molecule has 128 valence electrons. The molecular formula is C14H20ClN3O5. The van der Waals surface area contributed by atoms with Crippen LogP contribution in [0.15, 0.2) is 30.3 Å². The highest BCUT2D eigenvalue weighted by molar-refractivity contribution is 5.85. The Balaban J connectivity index is 0.00000484. The molecule has 2 atom stereocenters. The quantitative estimate of drug-likeness (QED) is 0.373. The molecule has 8 nitrogen and oxygen atoms in total. The summed E-state index contributed by atoms with van der Waals surface area (Å²) in [5.41, 5.74) is 10.9. The van der Waals surface area contributed by atoms with Gasteiger partial charge < -0.3 is 15.6 Å². The minimum atomic E-state index is -1.30. The number of carbonyl (C=O) groups excluding carboxylic acids is 2. The Morgan fingerprint density at radius 1 is 1.26 bits per heavy atom. The Labute approximate surface area is 139 Å². The molecule has 23 heavy (non-hydrogen) atoms. The molecule has 0 aliphatic carbocycles. The van der Waals surface area contributed by atoms with Gasteiger partial charge in [-0.3, -0.25) is 19.8 Å². The van der Waals surface area contributed by atoms with Crippen LogP contribution in [0.1, 0.15) is 12.0 Å². The first kappa shape index (κ1) is 20.8. The summed E-state index contributed by atoms with van der Waals surface area (Å²) in [6.45, 7) is 0. The van der Waals surface area contributed by atoms with E-state index >= 15 is 0 Å². The highest BCUT2D eigenvalue weighted by Crippen LogP contribution is 2.04. The van der Waals surface area contributed by atoms with Crippen LogP contribution in [0.4, 0.5) is 0 Å². The number of carboxylic acid groups (broad SMARTS) is 1. The summed E-state index contributed by atoms with van der Waals surface area (Å²) in [7, 11) is 1.24. The lowest BCUT2D eigenvalue weighted by molar-refractivity contribution is -0.144. The molecule has 0 radical (unpaired) electrons. The van der Waals surface area contributed by atoms with Crippen LogP contribution in [0.2, 0.25) is 0 Å². The maximum Gasteiger partial charge on any atom is 0.325 e. The van der Waals surface area contributed by atoms with Gasteiger partial charge in [0.1, 0.15) is 12.1 Å². The fraction of sp³-hybridized carbons (Fsp3) is 0.357. The predicted molar refractivity (Wildman–Crippen MR) is 84.7 cm³/mol. The normalized spacial score (nSPS) is 12.4. The van der Waals surface area contributed by atoms with Crippen molar-refractivity contribution in [3.8, 4) is 0 Å². The summed E-state index contributed by atoms with van der Waals surface area (Å²) in [4.78, 5) is 33.8. The summed E-state index contributed by atoms with van der Waals surface area (Å²) in [5, 5.41) is 8.63. The number of hydrogen-bond donors (Lipinski definition) is 4. The van der Waals surface area contributed by atoms with Gasteiger partial charge in [0.2, 0.25) is 5.91 Å². The van der Waals surface area contributed by atoms with Gasteiger partial charge in [0.15, 0.2) is 0 Å². The molecule has 0 saturated heterocycles. The Bertz CT molecular complexity index is 526. The van der Waals surface area contributed by atoms with E-state index in [4.69, 9.17) is 10.8 Å². The number of benzene rings is 1. The molecule has 0 unspecified atom stereocenters. The molecule has 0 aromatic heterocycles. The molecule has 1 aromatic carbocycles. The van der Waals surface area contributed by atoms with Crippen molar-refractivity contribution in [3.63, 3.8) is 0 Å². The highest BCUT2D eigenvalue weighted by Gasteiger charge is 2.21. The van der Waals surface area contributed by atoms with Gasteiger partial charge in [-0.05, 0) is 5.56 Å². The van der Waals surface area contributed by atoms with Crippen molar-refractivity contribution >= 4 is 30.3 Å². The van der Waals surface area contributed by atoms with Gasteiger partial charge in [-0.2, -0.15) is 0 Å². The maximum absolute atomic E-state index is 11.7. The van der Waals surface area contributed by atoms with E-state index in [0.717, 1.165) is 5.56 Å². The van der Waals surface area contributed by atoms with Crippen LogP contribution in [0, 0.1) is 0 Å². The molecule has 0 saturated carbocycles. The van der Waals surface area contributed by atoms with Crippen LogP contribution in [0.5, 0.6) is 0 Å². The smallest absolute Gasteiger partial charge is 0.325 e. The van der Waals surface area contributed by atoms with E-state index in [1.165, 1.54) is 7.11 Å². The van der Waals surface area contributed by atoms with Crippen LogP contribution in [0.3, 0.4) is 0 Å². The summed E-state index contributed by atoms with van der Waals surface area (Å²) in [6, 6.07) is 7.07. The molecule has 9 heteroatoms. The molecule has 1 rings (SSSR count). The lowest BCUT2D eigenvalue weighted by atomic mass is 10.1. The van der Waals surface area contributed by atoms with E-state index in [1.54, 1.807) is 0 Å². The zero-order valence-corrected chi connectivity index (χ0v) is 13.3. The van der Waals surface area contributed by atoms with E-state index in [2.05, 4.69) is 15.6 Å². The number of methoxy groups -OCH3 is 1. The topological polar surface area (TPSA) is 131 Å². The average Bonchev–Trinajstić information content (AvgIpc) is 2.51. The number of nitrogens with one attached hydrogen (secondary N) is 2. The lowest BCUT2D eigenvalue weighted by Crippen LogP contribution is -2.51. The largest absolute Gasteiger partial charge is 0.480 e. The summed E-state index contributed by atoms with van der Waals surface area (Å²) in [5.74, 6) is -2.45. The maximum atomic E-state index is 11.7. The molecule has 0 fully saturated rings. The Kier molecular flexibility index (Phi) is 9.56. The third kappa shape index (κ3) is 7.59. The number of rotatable bonds is 8. The Morgan fingerprint density at radius 2 is 1.87 bits per heavy atom. The second kappa shape index (κ2) is 10.5. The number of hydrogen-bond acceptors (Lipinski definition) is 6. The molecular weight excluding hydrogens is 326 g/mol. The van der Waals surface area contributed by atoms with Crippen molar-refractivity contribution in [2.24, 2.45) is 5.73 Å². The van der Waals surface area contributed by atoms with E-state index in [0.29, 0.717) is 6.42 Å². The number of ether oxygens (including phenoxy) is 1. The van der Waals surface area contributed by atoms with Crippen LogP contribution < -0.4 is 16.6 Å². The number of carbonyl (C=O) groups is 3. The standard InChI is InChI=1S/C14H19N3O5.ClH/c1-22-14(21)11(7-9-5-3-2-4-6-9)16-17-12(18)8-10(15)13(19)20;/h2-6,10-11,16H,7-8,15H2,1H3,(H,17,18)(H,19,20);1H/t10-,11-;/m0./s1. The molecule has 0 spiro atoms. The zero-order chi connectivity index (χ0) is 16.5. The second-order valence-corrected chi connectivity index (χ2v) is 4.61. The second-order valence-electron chi connectivity index (χ2n) is 4.61. The van der Waals surface area contributed by atoms with Crippen LogP contribution in [-0.2, 0) is 25.5 Å². The fourth-order valence-electron chi connectivity index (χ4n) is 1.69. The third-order valence-corrected chi connectivity index (χ3v) is 2.88. The van der Waals surface area contributed by atoms with E-state index in [9.17, 15) is 14.4 Å². The van der Waals surface area contributed by atoms with Crippen molar-refractivity contribution in [2.45, 2.75) is 24.9 Å². The summed E-state index contributed by atoms with van der Waals surface area (Å²) in [6.07, 6.45) is -0.0969. The lowest BCUT2D eigenvalue weighted by Gasteiger charge is -2.17. The predicted octanol–water partition coefficient (Wildman–Crippen LogP) is -0.385. The van der Waals surface area contributed by atoms with Crippen molar-refractivity contribution in [2.75, 3.05) is 7.11 Å². The highest BCUT2D eigenvalue weighted by atomic mass is 35.5. The van der Waals surface area contributed by atoms with Crippen LogP contribution in [-0.4, -0.2) is 42.1 Å². The SMILES string of the molecule is COC(=O)[C@H](Cc1ccccc1)NNC(=O)C[C@H](N)C(=O)O.Cl. The van der Waals surface area contributed by atoms with Gasteiger partial charge in [-0.15, -0.1) is 12.4 Å². The molecule has 0 aliphatic heterocycles. The fourth-order valence-corrected chi connectivity index (χ4v) is 1.69. The van der Waals surface area contributed by atoms with Crippen LogP contribution >= 0.6 is 12.4 Å². The number of aliphatic carboxylic acids is 1. The molecule has 0 bridgehead atoms. The number of carboxylic acids is 1. The van der Waals surface area contributed by atoms with Crippen LogP contribution in [0.25, 0.3) is 0 Å². The number of amides is 1. The molecule has 1 aromatic rings. The minimum Gasteiger partial charge on any atom is -0.480 e. The zero-order valence-electron chi connectivity index (χ0n) is 12.5. The minimum absolute atomic E-state index is 0. The van der Waals surface area contributed by atoms with Crippen molar-refractivity contribution in [3.05, 3.63) is 35.9 Å². The number of halogens is 1. The van der Waals surface area contributed by atoms with E-state index < -0.39 is 36.4 Å². The average molecular weight is 346 g/mol. The van der Waals surface area contributed by atoms with Gasteiger partial charge >= 0.3 is 11.9 Å². The van der Waals surface area contributed by atoms with E-state index in [-0.39, 0.29) is 12.4 Å². The monoisotopic (exact) mass is 345 g/mol. The van der Waals surface area contributed by atoms with Gasteiger partial charge in [-0.25, -0.2) is 5.43 Å². The summed E-state index contributed by atoms with van der Waals surface area (Å²) >= 11 is 0. The van der Waals surface area contributed by atoms with E-state index in [1.807, 2.05) is 30.3 Å². The Morgan fingerprint density at radius 3 is 2.39 bits per heavy atom. The van der Waals surface area contributed by atoms with Gasteiger partial charge in [-0.1, -0.05) is 30.3 Å². The molecule has 0 heterocycles. The molecule has 0 aliphatic rings.